The van der Waals surface area contributed by atoms with Gasteiger partial charge in [-0.1, -0.05) is 164 Å². The molecule has 7 aromatic carbocycles. The molecule has 0 saturated heterocycles. The predicted molar refractivity (Wildman–Crippen MR) is 213 cm³/mol. The standard InChI is InChI=1S/C47H34N2O/c1-50-47-35(29-23-31-19-25-33(26-20-31)37-13-7-15-41-39-11-2-4-17-43(39)48-45(37)41)9-6-10-36(47)30-24-32-21-27-34(28-22-32)38-14-8-16-42-40-12-3-5-18-44(40)49-46(38)42/h2-30,48-49H,1H3. The molecule has 50 heavy (non-hydrogen) atoms. The second-order valence-corrected chi connectivity index (χ2v) is 12.7. The Morgan fingerprint density at radius 2 is 0.820 bits per heavy atom. The van der Waals surface area contributed by atoms with Crippen molar-refractivity contribution in [3.05, 3.63) is 174 Å². The van der Waals surface area contributed by atoms with E-state index in [0.29, 0.717) is 0 Å². The molecule has 2 aromatic heterocycles. The summed E-state index contributed by atoms with van der Waals surface area (Å²) in [6.07, 6.45) is 8.54. The lowest BCUT2D eigenvalue weighted by Crippen LogP contribution is -1.90. The monoisotopic (exact) mass is 642 g/mol. The maximum Gasteiger partial charge on any atom is 0.133 e. The fourth-order valence-electron chi connectivity index (χ4n) is 7.22. The van der Waals surface area contributed by atoms with Crippen LogP contribution in [0.4, 0.5) is 0 Å². The number of nitrogens with one attached hydrogen (secondary N) is 2. The number of aromatic amines is 2. The van der Waals surface area contributed by atoms with Gasteiger partial charge >= 0.3 is 0 Å². The molecule has 0 amide bonds. The molecule has 238 valence electrons. The number of aromatic nitrogens is 2. The van der Waals surface area contributed by atoms with Crippen LogP contribution in [0.25, 0.3) is 90.2 Å². The van der Waals surface area contributed by atoms with Crippen molar-refractivity contribution in [1.82, 2.24) is 9.97 Å². The number of hydrogen-bond donors (Lipinski definition) is 2. The van der Waals surface area contributed by atoms with Crippen LogP contribution in [0, 0.1) is 0 Å². The lowest BCUT2D eigenvalue weighted by molar-refractivity contribution is 0.413. The molecule has 0 saturated carbocycles. The van der Waals surface area contributed by atoms with Crippen LogP contribution in [-0.4, -0.2) is 17.1 Å². The molecule has 0 spiro atoms. The smallest absolute Gasteiger partial charge is 0.133 e. The van der Waals surface area contributed by atoms with E-state index in [1.165, 1.54) is 54.8 Å². The van der Waals surface area contributed by atoms with Gasteiger partial charge in [0.05, 0.1) is 18.1 Å². The quantitative estimate of drug-likeness (QED) is 0.167. The molecule has 0 unspecified atom stereocenters. The topological polar surface area (TPSA) is 40.8 Å². The maximum atomic E-state index is 5.93. The zero-order valence-electron chi connectivity index (χ0n) is 27.7. The lowest BCUT2D eigenvalue weighted by Gasteiger charge is -2.09. The molecule has 0 fully saturated rings. The van der Waals surface area contributed by atoms with Crippen molar-refractivity contribution < 1.29 is 4.74 Å². The molecule has 0 bridgehead atoms. The Bertz CT molecular complexity index is 2540. The average Bonchev–Trinajstić information content (AvgIpc) is 3.75. The third kappa shape index (κ3) is 5.26. The Morgan fingerprint density at radius 1 is 0.400 bits per heavy atom. The Kier molecular flexibility index (Phi) is 7.37. The number of ether oxygens (including phenoxy) is 1. The van der Waals surface area contributed by atoms with Crippen molar-refractivity contribution in [3.63, 3.8) is 0 Å². The number of rotatable bonds is 7. The van der Waals surface area contributed by atoms with Crippen molar-refractivity contribution >= 4 is 67.9 Å². The number of benzene rings is 7. The van der Waals surface area contributed by atoms with Gasteiger partial charge in [-0.25, -0.2) is 0 Å². The third-order valence-corrected chi connectivity index (χ3v) is 9.72. The largest absolute Gasteiger partial charge is 0.496 e. The van der Waals surface area contributed by atoms with Crippen molar-refractivity contribution in [2.75, 3.05) is 7.11 Å². The summed E-state index contributed by atoms with van der Waals surface area (Å²) in [7, 11) is 1.74. The summed E-state index contributed by atoms with van der Waals surface area (Å²) in [5.74, 6) is 0.851. The number of hydrogen-bond acceptors (Lipinski definition) is 1. The third-order valence-electron chi connectivity index (χ3n) is 9.72. The highest BCUT2D eigenvalue weighted by Gasteiger charge is 2.11. The number of methoxy groups -OCH3 is 1. The molecule has 0 aliphatic carbocycles. The normalized spacial score (nSPS) is 11.9. The van der Waals surface area contributed by atoms with Crippen LogP contribution in [0.2, 0.25) is 0 Å². The van der Waals surface area contributed by atoms with Crippen molar-refractivity contribution in [2.45, 2.75) is 0 Å². The van der Waals surface area contributed by atoms with Crippen LogP contribution in [0.15, 0.2) is 152 Å². The van der Waals surface area contributed by atoms with Crippen LogP contribution in [0.3, 0.4) is 0 Å². The van der Waals surface area contributed by atoms with Crippen molar-refractivity contribution in [2.24, 2.45) is 0 Å². The molecule has 0 atom stereocenters. The summed E-state index contributed by atoms with van der Waals surface area (Å²) in [5.41, 5.74) is 13.8. The maximum absolute atomic E-state index is 5.93. The first-order valence-corrected chi connectivity index (χ1v) is 17.0. The van der Waals surface area contributed by atoms with E-state index in [1.54, 1.807) is 7.11 Å². The molecule has 3 heteroatoms. The number of fused-ring (bicyclic) bond motifs is 6. The van der Waals surface area contributed by atoms with Gasteiger partial charge in [0, 0.05) is 54.8 Å². The van der Waals surface area contributed by atoms with E-state index in [0.717, 1.165) is 39.0 Å². The first-order chi connectivity index (χ1) is 24.7. The average molecular weight is 643 g/mol. The Morgan fingerprint density at radius 3 is 1.28 bits per heavy atom. The molecule has 2 N–H and O–H groups in total. The van der Waals surface area contributed by atoms with Gasteiger partial charge in [0.25, 0.3) is 0 Å². The Labute approximate surface area is 290 Å². The summed E-state index contributed by atoms with van der Waals surface area (Å²) in [6.45, 7) is 0. The highest BCUT2D eigenvalue weighted by atomic mass is 16.5. The molecule has 2 heterocycles. The van der Waals surface area contributed by atoms with Crippen LogP contribution < -0.4 is 4.74 Å². The molecule has 3 nitrogen and oxygen atoms in total. The van der Waals surface area contributed by atoms with Crippen molar-refractivity contribution in [1.29, 1.82) is 0 Å². The zero-order valence-corrected chi connectivity index (χ0v) is 27.7. The second kappa shape index (κ2) is 12.5. The summed E-state index contributed by atoms with van der Waals surface area (Å²) >= 11 is 0. The summed E-state index contributed by atoms with van der Waals surface area (Å²) < 4.78 is 5.93. The number of H-pyrrole nitrogens is 2. The second-order valence-electron chi connectivity index (χ2n) is 12.7. The van der Waals surface area contributed by atoms with Gasteiger partial charge in [-0.3, -0.25) is 0 Å². The van der Waals surface area contributed by atoms with E-state index in [-0.39, 0.29) is 0 Å². The fraction of sp³-hybridized carbons (Fsp3) is 0.0213. The van der Waals surface area contributed by atoms with Crippen molar-refractivity contribution in [3.8, 4) is 28.0 Å². The molecule has 0 aliphatic rings. The van der Waals surface area contributed by atoms with Crippen LogP contribution in [0.1, 0.15) is 22.3 Å². The molecule has 9 rings (SSSR count). The van der Waals surface area contributed by atoms with E-state index >= 15 is 0 Å². The van der Waals surface area contributed by atoms with Gasteiger partial charge < -0.3 is 14.7 Å². The first kappa shape index (κ1) is 29.6. The van der Waals surface area contributed by atoms with Crippen LogP contribution in [0.5, 0.6) is 5.75 Å². The van der Waals surface area contributed by atoms with Gasteiger partial charge in [-0.2, -0.15) is 0 Å². The fourth-order valence-corrected chi connectivity index (χ4v) is 7.22. The van der Waals surface area contributed by atoms with E-state index in [9.17, 15) is 0 Å². The zero-order chi connectivity index (χ0) is 33.4. The highest BCUT2D eigenvalue weighted by molar-refractivity contribution is 6.12. The minimum Gasteiger partial charge on any atom is -0.496 e. The van der Waals surface area contributed by atoms with Gasteiger partial charge in [-0.05, 0) is 34.4 Å². The van der Waals surface area contributed by atoms with Crippen LogP contribution >= 0.6 is 0 Å². The first-order valence-electron chi connectivity index (χ1n) is 17.0. The van der Waals surface area contributed by atoms with Gasteiger partial charge in [0.1, 0.15) is 5.75 Å². The van der Waals surface area contributed by atoms with E-state index in [2.05, 4.69) is 186 Å². The van der Waals surface area contributed by atoms with Gasteiger partial charge in [0.2, 0.25) is 0 Å². The van der Waals surface area contributed by atoms with E-state index in [1.807, 2.05) is 0 Å². The molecular weight excluding hydrogens is 609 g/mol. The molecule has 0 radical (unpaired) electrons. The molecular formula is C47H34N2O. The summed E-state index contributed by atoms with van der Waals surface area (Å²) in [4.78, 5) is 7.26. The highest BCUT2D eigenvalue weighted by Crippen LogP contribution is 2.35. The van der Waals surface area contributed by atoms with E-state index < -0.39 is 0 Å². The Balaban J connectivity index is 0.945. The van der Waals surface area contributed by atoms with Gasteiger partial charge in [0.15, 0.2) is 0 Å². The summed E-state index contributed by atoms with van der Waals surface area (Å²) in [6, 6.07) is 53.7. The molecule has 9 aromatic rings. The lowest BCUT2D eigenvalue weighted by atomic mass is 10.00. The minimum absolute atomic E-state index is 0.851. The minimum atomic E-state index is 0.851. The molecule has 0 aliphatic heterocycles. The van der Waals surface area contributed by atoms with Crippen LogP contribution in [-0.2, 0) is 0 Å². The Hall–Kier alpha value is -6.58. The SMILES string of the molecule is COc1c(C=Cc2ccc(-c3cccc4c3[nH]c3ccccc34)cc2)cccc1C=Cc1ccc(-c2cccc3c2[nH]c2ccccc23)cc1. The van der Waals surface area contributed by atoms with E-state index in [4.69, 9.17) is 4.74 Å². The predicted octanol–water partition coefficient (Wildman–Crippen LogP) is 12.6. The summed E-state index contributed by atoms with van der Waals surface area (Å²) in [5, 5.41) is 5.00. The number of para-hydroxylation sites is 5. The van der Waals surface area contributed by atoms with Gasteiger partial charge in [-0.15, -0.1) is 0 Å².